The van der Waals surface area contributed by atoms with Gasteiger partial charge in [0.1, 0.15) is 24.4 Å². The lowest BCUT2D eigenvalue weighted by atomic mass is 9.99. The lowest BCUT2D eigenvalue weighted by molar-refractivity contribution is -0.302. The summed E-state index contributed by atoms with van der Waals surface area (Å²) in [5.41, 5.74) is 0. The number of carbonyl (C=O) groups is 1. The molecule has 1 rings (SSSR count). The van der Waals surface area contributed by atoms with E-state index in [1.165, 1.54) is 289 Å². The Hall–Kier alpha value is -2.11. The fourth-order valence-corrected chi connectivity index (χ4v) is 11.8. The first-order valence-corrected chi connectivity index (χ1v) is 37.0. The Labute approximate surface area is 526 Å². The van der Waals surface area contributed by atoms with E-state index in [1.54, 1.807) is 6.08 Å². The molecule has 0 aromatic rings. The number of hydrogen-bond donors (Lipinski definition) is 6. The van der Waals surface area contributed by atoms with Gasteiger partial charge in [-0.2, -0.15) is 0 Å². The van der Waals surface area contributed by atoms with Crippen molar-refractivity contribution in [2.45, 2.75) is 403 Å². The summed E-state index contributed by atoms with van der Waals surface area (Å²) in [4.78, 5) is 13.1. The molecular formula is C76H141NO8. The average molecular weight is 1200 g/mol. The molecule has 1 heterocycles. The summed E-state index contributed by atoms with van der Waals surface area (Å²) < 4.78 is 11.3. The average Bonchev–Trinajstić information content (AvgIpc) is 3.54. The van der Waals surface area contributed by atoms with Gasteiger partial charge < -0.3 is 40.3 Å². The highest BCUT2D eigenvalue weighted by atomic mass is 16.7. The van der Waals surface area contributed by atoms with Gasteiger partial charge in [-0.25, -0.2) is 0 Å². The Morgan fingerprint density at radius 3 is 1.06 bits per heavy atom. The molecule has 0 aromatic heterocycles. The van der Waals surface area contributed by atoms with Crippen molar-refractivity contribution in [3.05, 3.63) is 60.8 Å². The van der Waals surface area contributed by atoms with Crippen LogP contribution in [0.1, 0.15) is 361 Å². The molecule has 1 fully saturated rings. The van der Waals surface area contributed by atoms with Crippen LogP contribution < -0.4 is 5.32 Å². The Morgan fingerprint density at radius 1 is 0.400 bits per heavy atom. The van der Waals surface area contributed by atoms with Gasteiger partial charge >= 0.3 is 0 Å². The number of hydrogen-bond acceptors (Lipinski definition) is 8. The summed E-state index contributed by atoms with van der Waals surface area (Å²) in [5, 5.41) is 54.8. The predicted molar refractivity (Wildman–Crippen MR) is 364 cm³/mol. The van der Waals surface area contributed by atoms with E-state index in [0.717, 1.165) is 51.4 Å². The summed E-state index contributed by atoms with van der Waals surface area (Å²) in [5.74, 6) is -0.186. The zero-order valence-electron chi connectivity index (χ0n) is 55.9. The molecule has 7 atom stereocenters. The third kappa shape index (κ3) is 53.4. The monoisotopic (exact) mass is 1200 g/mol. The van der Waals surface area contributed by atoms with Crippen LogP contribution >= 0.6 is 0 Å². The van der Waals surface area contributed by atoms with Crippen LogP contribution in [-0.2, 0) is 14.3 Å². The van der Waals surface area contributed by atoms with Crippen LogP contribution in [0.2, 0.25) is 0 Å². The van der Waals surface area contributed by atoms with Crippen molar-refractivity contribution in [2.75, 3.05) is 13.2 Å². The van der Waals surface area contributed by atoms with Crippen LogP contribution in [-0.4, -0.2) is 87.5 Å². The second-order valence-corrected chi connectivity index (χ2v) is 25.7. The first-order chi connectivity index (χ1) is 41.8. The van der Waals surface area contributed by atoms with Crippen LogP contribution in [0.3, 0.4) is 0 Å². The first-order valence-electron chi connectivity index (χ1n) is 37.0. The van der Waals surface area contributed by atoms with Crippen LogP contribution in [0, 0.1) is 0 Å². The van der Waals surface area contributed by atoms with Gasteiger partial charge in [-0.05, 0) is 77.0 Å². The van der Waals surface area contributed by atoms with E-state index in [2.05, 4.69) is 67.8 Å². The van der Waals surface area contributed by atoms with Gasteiger partial charge in [0.2, 0.25) is 5.91 Å². The van der Waals surface area contributed by atoms with Crippen LogP contribution in [0.25, 0.3) is 0 Å². The SMILES string of the molecule is CCCCCCC/C=C\C/C=C\CCCCCCCCCCCCCCCCCCCCCC(=O)NC(COC1OC(CO)C(O)C(O)C1O)C(O)/C=C/CC/C=C/CC/C=C/CCCCCCCCCCCCCCCCCCCCCCC. The van der Waals surface area contributed by atoms with Gasteiger partial charge in [-0.3, -0.25) is 4.79 Å². The number of rotatable bonds is 65. The number of allylic oxidation sites excluding steroid dienone is 9. The van der Waals surface area contributed by atoms with Crippen LogP contribution in [0.15, 0.2) is 60.8 Å². The van der Waals surface area contributed by atoms with Gasteiger partial charge in [0, 0.05) is 6.42 Å². The Morgan fingerprint density at radius 2 is 0.706 bits per heavy atom. The van der Waals surface area contributed by atoms with Crippen molar-refractivity contribution in [3.63, 3.8) is 0 Å². The third-order valence-corrected chi connectivity index (χ3v) is 17.5. The second-order valence-electron chi connectivity index (χ2n) is 25.7. The predicted octanol–water partition coefficient (Wildman–Crippen LogP) is 20.5. The van der Waals surface area contributed by atoms with Crippen molar-refractivity contribution < 1.29 is 39.8 Å². The van der Waals surface area contributed by atoms with E-state index in [1.807, 2.05) is 6.08 Å². The first kappa shape index (κ1) is 80.9. The highest BCUT2D eigenvalue weighted by Gasteiger charge is 2.44. The lowest BCUT2D eigenvalue weighted by Crippen LogP contribution is -2.60. The van der Waals surface area contributed by atoms with E-state index in [-0.39, 0.29) is 12.5 Å². The van der Waals surface area contributed by atoms with Gasteiger partial charge in [-0.1, -0.05) is 338 Å². The molecule has 0 aliphatic carbocycles. The summed E-state index contributed by atoms with van der Waals surface area (Å²) in [7, 11) is 0. The van der Waals surface area contributed by atoms with E-state index in [0.29, 0.717) is 6.42 Å². The molecule has 1 saturated heterocycles. The summed E-state index contributed by atoms with van der Waals surface area (Å²) in [6.07, 6.45) is 83.5. The number of aliphatic hydroxyl groups excluding tert-OH is 5. The number of amides is 1. The van der Waals surface area contributed by atoms with Crippen LogP contribution in [0.4, 0.5) is 0 Å². The summed E-state index contributed by atoms with van der Waals surface area (Å²) in [6.45, 7) is 3.80. The normalized spacial score (nSPS) is 18.4. The fraction of sp³-hybridized carbons (Fsp3) is 0.855. The zero-order valence-corrected chi connectivity index (χ0v) is 55.9. The van der Waals surface area contributed by atoms with E-state index in [4.69, 9.17) is 9.47 Å². The molecule has 0 bridgehead atoms. The summed E-state index contributed by atoms with van der Waals surface area (Å²) >= 11 is 0. The Bertz CT molecular complexity index is 1530. The van der Waals surface area contributed by atoms with Gasteiger partial charge in [-0.15, -0.1) is 0 Å². The minimum absolute atomic E-state index is 0.186. The maximum Gasteiger partial charge on any atom is 0.220 e. The smallest absolute Gasteiger partial charge is 0.220 e. The molecule has 85 heavy (non-hydrogen) atoms. The van der Waals surface area contributed by atoms with E-state index >= 15 is 0 Å². The molecule has 1 aliphatic rings. The second kappa shape index (κ2) is 64.9. The Balaban J connectivity index is 2.14. The molecule has 0 spiro atoms. The molecule has 498 valence electrons. The molecule has 0 aromatic carbocycles. The largest absolute Gasteiger partial charge is 0.394 e. The molecule has 6 N–H and O–H groups in total. The van der Waals surface area contributed by atoms with Crippen LogP contribution in [0.5, 0.6) is 0 Å². The molecule has 0 saturated carbocycles. The molecule has 1 aliphatic heterocycles. The van der Waals surface area contributed by atoms with E-state index < -0.39 is 49.5 Å². The van der Waals surface area contributed by atoms with Gasteiger partial charge in [0.15, 0.2) is 6.29 Å². The molecule has 9 nitrogen and oxygen atoms in total. The molecule has 0 radical (unpaired) electrons. The minimum Gasteiger partial charge on any atom is -0.394 e. The lowest BCUT2D eigenvalue weighted by Gasteiger charge is -2.40. The quantitative estimate of drug-likeness (QED) is 0.0261. The number of nitrogens with one attached hydrogen (secondary N) is 1. The highest BCUT2D eigenvalue weighted by Crippen LogP contribution is 2.23. The number of ether oxygens (including phenoxy) is 2. The number of aliphatic hydroxyl groups is 5. The maximum absolute atomic E-state index is 13.1. The third-order valence-electron chi connectivity index (χ3n) is 17.5. The zero-order chi connectivity index (χ0) is 61.4. The molecular weight excluding hydrogens is 1050 g/mol. The molecule has 9 heteroatoms. The summed E-state index contributed by atoms with van der Waals surface area (Å²) in [6, 6.07) is -0.831. The maximum atomic E-state index is 13.1. The number of carbonyl (C=O) groups excluding carboxylic acids is 1. The van der Waals surface area contributed by atoms with Crippen molar-refractivity contribution in [3.8, 4) is 0 Å². The van der Waals surface area contributed by atoms with Crippen molar-refractivity contribution >= 4 is 5.91 Å². The number of unbranched alkanes of at least 4 members (excludes halogenated alkanes) is 47. The minimum atomic E-state index is -1.58. The molecule has 1 amide bonds. The van der Waals surface area contributed by atoms with Crippen molar-refractivity contribution in [1.82, 2.24) is 5.32 Å². The highest BCUT2D eigenvalue weighted by molar-refractivity contribution is 5.76. The van der Waals surface area contributed by atoms with E-state index in [9.17, 15) is 30.3 Å². The fourth-order valence-electron chi connectivity index (χ4n) is 11.8. The Kier molecular flexibility index (Phi) is 61.7. The van der Waals surface area contributed by atoms with Gasteiger partial charge in [0.25, 0.3) is 0 Å². The van der Waals surface area contributed by atoms with Crippen molar-refractivity contribution in [1.29, 1.82) is 0 Å². The topological polar surface area (TPSA) is 149 Å². The van der Waals surface area contributed by atoms with Crippen molar-refractivity contribution in [2.24, 2.45) is 0 Å². The standard InChI is InChI=1S/C76H141NO8/c1-3-5-7-9-11-13-15-17-19-21-23-25-27-29-31-33-35-37-39-41-43-45-47-49-51-53-55-57-59-61-63-65-70(79)69(68-84-76-75(83)74(82)73(81)71(67-78)85-76)77-72(80)66-64-62-60-58-56-54-52-50-48-46-44-42-40-38-36-34-32-30-28-26-24-22-20-18-16-14-12-10-8-6-4-2/h16,18,22,24,47,49,55,57,63,65,69-71,73-76,78-79,81-83H,3-15,17,19-21,23,25-46,48,50-54,56,58-62,64,66-68H2,1-2H3,(H,77,80)/b18-16-,24-22-,49-47+,57-55+,65-63+. The molecule has 7 unspecified atom stereocenters. The van der Waals surface area contributed by atoms with Gasteiger partial charge in [0.05, 0.1) is 25.4 Å².